The minimum atomic E-state index is -4.39. The highest BCUT2D eigenvalue weighted by Gasteiger charge is 2.26. The second-order valence-corrected chi connectivity index (χ2v) is 17.4. The van der Waals surface area contributed by atoms with Gasteiger partial charge in [-0.05, 0) is 70.6 Å². The van der Waals surface area contributed by atoms with Crippen molar-refractivity contribution < 1.29 is 37.6 Å². The number of allylic oxidation sites excluding steroid dienone is 6. The van der Waals surface area contributed by atoms with Crippen molar-refractivity contribution in [1.82, 2.24) is 0 Å². The Morgan fingerprint density at radius 1 is 0.500 bits per heavy atom. The van der Waals surface area contributed by atoms with E-state index in [9.17, 15) is 19.0 Å². The van der Waals surface area contributed by atoms with Gasteiger partial charge in [0.15, 0.2) is 6.10 Å². The molecule has 0 saturated heterocycles. The standard InChI is InChI=1S/C48H90NO8P/c1-3-5-7-9-11-13-15-17-19-20-21-22-23-24-25-26-27-29-30-32-34-36-38-40-47(50)54-44-46(45-56-58(52,53)55-43-42-49)57-48(51)41-39-37-35-33-31-28-18-16-14-12-10-8-6-4-2/h16,18,26-27,32,34,46H,3-15,17,19-25,28-31,33,35-45,49H2,1-2H3,(H,52,53)/b18-16+,27-26+,34-32+/t46-/m0/s1. The van der Waals surface area contributed by atoms with Crippen LogP contribution in [0.15, 0.2) is 36.5 Å². The highest BCUT2D eigenvalue weighted by molar-refractivity contribution is 7.47. The summed E-state index contributed by atoms with van der Waals surface area (Å²) in [5.74, 6) is -0.883. The fraction of sp³-hybridized carbons (Fsp3) is 0.833. The van der Waals surface area contributed by atoms with E-state index in [4.69, 9.17) is 24.3 Å². The lowest BCUT2D eigenvalue weighted by atomic mass is 10.0. The summed E-state index contributed by atoms with van der Waals surface area (Å²) in [6.45, 7) is 3.69. The Bertz CT molecular complexity index is 1050. The van der Waals surface area contributed by atoms with Crippen molar-refractivity contribution in [2.45, 2.75) is 232 Å². The van der Waals surface area contributed by atoms with Crippen LogP contribution in [0.2, 0.25) is 0 Å². The third kappa shape index (κ3) is 43.8. The molecule has 0 aliphatic carbocycles. The van der Waals surface area contributed by atoms with Gasteiger partial charge in [0.2, 0.25) is 0 Å². The maximum absolute atomic E-state index is 12.6. The van der Waals surface area contributed by atoms with E-state index in [1.54, 1.807) is 0 Å². The van der Waals surface area contributed by atoms with Crippen LogP contribution in [0.5, 0.6) is 0 Å². The summed E-state index contributed by atoms with van der Waals surface area (Å²) in [5.41, 5.74) is 5.35. The molecule has 0 radical (unpaired) electrons. The molecule has 0 heterocycles. The average molecular weight is 840 g/mol. The van der Waals surface area contributed by atoms with Crippen LogP contribution < -0.4 is 5.73 Å². The molecule has 0 aromatic carbocycles. The number of esters is 2. The van der Waals surface area contributed by atoms with E-state index < -0.39 is 32.5 Å². The van der Waals surface area contributed by atoms with Gasteiger partial charge in [-0.2, -0.15) is 0 Å². The van der Waals surface area contributed by atoms with Crippen LogP contribution >= 0.6 is 7.82 Å². The average Bonchev–Trinajstić information content (AvgIpc) is 3.21. The Kier molecular flexibility index (Phi) is 43.4. The molecular formula is C48H90NO8P. The Morgan fingerprint density at radius 3 is 1.33 bits per heavy atom. The van der Waals surface area contributed by atoms with Crippen LogP contribution in [0.4, 0.5) is 0 Å². The monoisotopic (exact) mass is 840 g/mol. The number of hydrogen-bond donors (Lipinski definition) is 2. The molecule has 1 unspecified atom stereocenters. The lowest BCUT2D eigenvalue weighted by Crippen LogP contribution is -2.29. The number of nitrogens with two attached hydrogens (primary N) is 1. The van der Waals surface area contributed by atoms with E-state index in [2.05, 4.69) is 50.3 Å². The van der Waals surface area contributed by atoms with E-state index in [0.717, 1.165) is 57.8 Å². The zero-order valence-electron chi connectivity index (χ0n) is 37.5. The molecule has 340 valence electrons. The van der Waals surface area contributed by atoms with Gasteiger partial charge in [0.1, 0.15) is 6.61 Å². The molecule has 0 spiro atoms. The number of unbranched alkanes of at least 4 members (excludes halogenated alkanes) is 26. The summed E-state index contributed by atoms with van der Waals surface area (Å²) in [7, 11) is -4.39. The van der Waals surface area contributed by atoms with Crippen LogP contribution in [0, 0.1) is 0 Å². The number of ether oxygens (including phenoxy) is 2. The van der Waals surface area contributed by atoms with Gasteiger partial charge in [-0.1, -0.05) is 179 Å². The van der Waals surface area contributed by atoms with Gasteiger partial charge >= 0.3 is 19.8 Å². The molecule has 0 rings (SSSR count). The first-order valence-electron chi connectivity index (χ1n) is 24.0. The molecule has 0 amide bonds. The smallest absolute Gasteiger partial charge is 0.462 e. The molecule has 2 atom stereocenters. The lowest BCUT2D eigenvalue weighted by Gasteiger charge is -2.19. The zero-order valence-corrected chi connectivity index (χ0v) is 38.4. The van der Waals surface area contributed by atoms with Gasteiger partial charge in [0, 0.05) is 19.4 Å². The first-order valence-corrected chi connectivity index (χ1v) is 25.5. The van der Waals surface area contributed by atoms with Crippen molar-refractivity contribution in [2.24, 2.45) is 5.73 Å². The van der Waals surface area contributed by atoms with Crippen molar-refractivity contribution in [1.29, 1.82) is 0 Å². The minimum Gasteiger partial charge on any atom is -0.462 e. The van der Waals surface area contributed by atoms with Gasteiger partial charge in [-0.3, -0.25) is 18.6 Å². The summed E-state index contributed by atoms with van der Waals surface area (Å²) in [4.78, 5) is 34.9. The third-order valence-corrected chi connectivity index (χ3v) is 11.2. The molecule has 0 fully saturated rings. The first kappa shape index (κ1) is 56.2. The summed E-state index contributed by atoms with van der Waals surface area (Å²) in [6, 6.07) is 0. The predicted molar refractivity (Wildman–Crippen MR) is 243 cm³/mol. The van der Waals surface area contributed by atoms with Crippen LogP contribution in [0.3, 0.4) is 0 Å². The molecule has 0 aliphatic heterocycles. The Morgan fingerprint density at radius 2 is 0.879 bits per heavy atom. The van der Waals surface area contributed by atoms with Crippen LogP contribution in [-0.4, -0.2) is 49.3 Å². The molecule has 3 N–H and O–H groups in total. The fourth-order valence-corrected chi connectivity index (χ4v) is 7.42. The second-order valence-electron chi connectivity index (χ2n) is 16.0. The van der Waals surface area contributed by atoms with Crippen LogP contribution in [0.1, 0.15) is 226 Å². The van der Waals surface area contributed by atoms with Gasteiger partial charge in [-0.15, -0.1) is 0 Å². The first-order chi connectivity index (χ1) is 28.3. The quantitative estimate of drug-likeness (QED) is 0.0266. The van der Waals surface area contributed by atoms with Crippen molar-refractivity contribution in [3.05, 3.63) is 36.5 Å². The van der Waals surface area contributed by atoms with E-state index >= 15 is 0 Å². The predicted octanol–water partition coefficient (Wildman–Crippen LogP) is 14.1. The molecular weight excluding hydrogens is 750 g/mol. The van der Waals surface area contributed by atoms with Crippen LogP contribution in [-0.2, 0) is 32.7 Å². The summed E-state index contributed by atoms with van der Waals surface area (Å²) in [5, 5.41) is 0. The number of rotatable bonds is 45. The van der Waals surface area contributed by atoms with Gasteiger partial charge < -0.3 is 20.1 Å². The highest BCUT2D eigenvalue weighted by Crippen LogP contribution is 2.43. The highest BCUT2D eigenvalue weighted by atomic mass is 31.2. The fourth-order valence-electron chi connectivity index (χ4n) is 6.65. The van der Waals surface area contributed by atoms with Crippen molar-refractivity contribution >= 4 is 19.8 Å². The normalized spacial score (nSPS) is 13.5. The second kappa shape index (κ2) is 44.8. The topological polar surface area (TPSA) is 134 Å². The molecule has 0 saturated carbocycles. The SMILES string of the molecule is CCCCCCC/C=C/CCCCCCCC(=O)O[C@@H](COC(=O)CCC/C=C/CC/C=C/CCCCCCCCCCCCCCCC)COP(=O)(O)OCCN. The molecule has 10 heteroatoms. The van der Waals surface area contributed by atoms with Crippen LogP contribution in [0.25, 0.3) is 0 Å². The molecule has 0 aromatic heterocycles. The number of hydrogen-bond acceptors (Lipinski definition) is 8. The van der Waals surface area contributed by atoms with Gasteiger partial charge in [-0.25, -0.2) is 4.57 Å². The summed E-state index contributed by atoms with van der Waals surface area (Å²) >= 11 is 0. The summed E-state index contributed by atoms with van der Waals surface area (Å²) < 4.78 is 32.8. The van der Waals surface area contributed by atoms with Crippen molar-refractivity contribution in [3.8, 4) is 0 Å². The zero-order chi connectivity index (χ0) is 42.5. The van der Waals surface area contributed by atoms with E-state index in [0.29, 0.717) is 12.8 Å². The number of carbonyl (C=O) groups excluding carboxylic acids is 2. The van der Waals surface area contributed by atoms with E-state index in [1.807, 2.05) is 0 Å². The Balaban J connectivity index is 4.10. The molecule has 0 bridgehead atoms. The lowest BCUT2D eigenvalue weighted by molar-refractivity contribution is -0.161. The maximum atomic E-state index is 12.6. The molecule has 58 heavy (non-hydrogen) atoms. The van der Waals surface area contributed by atoms with E-state index in [1.165, 1.54) is 128 Å². The minimum absolute atomic E-state index is 0.0473. The van der Waals surface area contributed by atoms with Gasteiger partial charge in [0.05, 0.1) is 13.2 Å². The molecule has 0 aromatic rings. The number of phosphoric acid groups is 1. The van der Waals surface area contributed by atoms with Crippen molar-refractivity contribution in [3.63, 3.8) is 0 Å². The van der Waals surface area contributed by atoms with E-state index in [-0.39, 0.29) is 32.6 Å². The number of phosphoric ester groups is 1. The summed E-state index contributed by atoms with van der Waals surface area (Å²) in [6.07, 6.45) is 50.5. The van der Waals surface area contributed by atoms with Gasteiger partial charge in [0.25, 0.3) is 0 Å². The molecule has 9 nitrogen and oxygen atoms in total. The largest absolute Gasteiger partial charge is 0.472 e. The number of carbonyl (C=O) groups is 2. The molecule has 0 aliphatic rings. The maximum Gasteiger partial charge on any atom is 0.472 e. The Hall–Kier alpha value is -1.77. The third-order valence-electron chi connectivity index (χ3n) is 10.2. The van der Waals surface area contributed by atoms with Crippen molar-refractivity contribution in [2.75, 3.05) is 26.4 Å². The Labute approximate surface area is 356 Å².